The van der Waals surface area contributed by atoms with Gasteiger partial charge in [-0.25, -0.2) is 0 Å². The molecule has 0 aliphatic rings. The predicted molar refractivity (Wildman–Crippen MR) is 74.2 cm³/mol. The van der Waals surface area contributed by atoms with Crippen LogP contribution in [0.3, 0.4) is 0 Å². The molecule has 0 bridgehead atoms. The Hall–Kier alpha value is 0.354. The molecule has 0 saturated carbocycles. The zero-order valence-electron chi connectivity index (χ0n) is 9.82. The fourth-order valence-corrected chi connectivity index (χ4v) is 0. The molecule has 0 radical (unpaired) electrons. The van der Waals surface area contributed by atoms with Crippen LogP contribution in [-0.4, -0.2) is 30.9 Å². The van der Waals surface area contributed by atoms with Crippen molar-refractivity contribution >= 4 is 16.6 Å². The van der Waals surface area contributed by atoms with Crippen molar-refractivity contribution in [2.75, 3.05) is 14.2 Å². The van der Waals surface area contributed by atoms with Crippen molar-refractivity contribution in [2.24, 2.45) is 0 Å². The van der Waals surface area contributed by atoms with Crippen molar-refractivity contribution in [1.82, 2.24) is 0 Å². The SMILES string of the molecule is C.C.CO[Si](C)(C)C.CO[Si](C)(C)C. The van der Waals surface area contributed by atoms with Gasteiger partial charge in [0.1, 0.15) is 0 Å². The van der Waals surface area contributed by atoms with Gasteiger partial charge >= 0.3 is 0 Å². The molecule has 4 heteroatoms. The predicted octanol–water partition coefficient (Wildman–Crippen LogP) is 4.21. The zero-order valence-corrected chi connectivity index (χ0v) is 11.8. The Morgan fingerprint density at radius 3 is 0.643 bits per heavy atom. The van der Waals surface area contributed by atoms with Crippen LogP contribution in [-0.2, 0) is 8.85 Å². The van der Waals surface area contributed by atoms with Crippen LogP contribution in [0.4, 0.5) is 0 Å². The van der Waals surface area contributed by atoms with Crippen LogP contribution < -0.4 is 0 Å². The summed E-state index contributed by atoms with van der Waals surface area (Å²) in [6.45, 7) is 13.0. The summed E-state index contributed by atoms with van der Waals surface area (Å²) in [5.74, 6) is 0. The molecule has 0 aromatic rings. The van der Waals surface area contributed by atoms with Gasteiger partial charge in [-0.05, 0) is 39.3 Å². The van der Waals surface area contributed by atoms with Crippen molar-refractivity contribution in [3.63, 3.8) is 0 Å². The van der Waals surface area contributed by atoms with E-state index in [0.717, 1.165) is 0 Å². The summed E-state index contributed by atoms with van der Waals surface area (Å²) in [6.07, 6.45) is 0. The first-order chi connectivity index (χ1) is 5.12. The Labute approximate surface area is 94.3 Å². The number of hydrogen-bond acceptors (Lipinski definition) is 2. The largest absolute Gasteiger partial charge is 0.421 e. The van der Waals surface area contributed by atoms with Crippen molar-refractivity contribution < 1.29 is 8.85 Å². The molecule has 2 nitrogen and oxygen atoms in total. The molecule has 0 fully saturated rings. The lowest BCUT2D eigenvalue weighted by Crippen LogP contribution is -2.22. The summed E-state index contributed by atoms with van der Waals surface area (Å²) < 4.78 is 10.2. The summed E-state index contributed by atoms with van der Waals surface area (Å²) in [4.78, 5) is 0. The van der Waals surface area contributed by atoms with E-state index >= 15 is 0 Å². The third-order valence-electron chi connectivity index (χ3n) is 1.22. The average Bonchev–Trinajstić information content (AvgIpc) is 1.86. The smallest absolute Gasteiger partial charge is 0.183 e. The standard InChI is InChI=1S/2C4H12OSi.2CH4/c2*1-5-6(2,3)4;;/h2*1-4H3;2*1H4. The van der Waals surface area contributed by atoms with E-state index in [4.69, 9.17) is 8.85 Å². The van der Waals surface area contributed by atoms with Crippen LogP contribution in [0.25, 0.3) is 0 Å². The second-order valence-electron chi connectivity index (χ2n) is 4.63. The van der Waals surface area contributed by atoms with Gasteiger partial charge in [0.05, 0.1) is 0 Å². The summed E-state index contributed by atoms with van der Waals surface area (Å²) in [5.41, 5.74) is 0. The second kappa shape index (κ2) is 9.89. The van der Waals surface area contributed by atoms with Gasteiger partial charge in [-0.1, -0.05) is 14.9 Å². The highest BCUT2D eigenvalue weighted by molar-refractivity contribution is 6.70. The molecule has 0 amide bonds. The van der Waals surface area contributed by atoms with Crippen molar-refractivity contribution in [3.05, 3.63) is 0 Å². The quantitative estimate of drug-likeness (QED) is 0.673. The molecule has 0 atom stereocenters. The van der Waals surface area contributed by atoms with Gasteiger partial charge in [-0.3, -0.25) is 0 Å². The molecule has 0 aromatic carbocycles. The summed E-state index contributed by atoms with van der Waals surface area (Å²) >= 11 is 0. The Kier molecular flexibility index (Phi) is 16.9. The lowest BCUT2D eigenvalue weighted by molar-refractivity contribution is 0.410. The summed E-state index contributed by atoms with van der Waals surface area (Å²) in [6, 6.07) is 0. The maximum atomic E-state index is 5.08. The highest BCUT2D eigenvalue weighted by atomic mass is 28.4. The molecule has 0 saturated heterocycles. The normalized spacial score (nSPS) is 10.3. The molecular weight excluding hydrogens is 208 g/mol. The van der Waals surface area contributed by atoms with Crippen molar-refractivity contribution in [1.29, 1.82) is 0 Å². The molecule has 0 spiro atoms. The minimum Gasteiger partial charge on any atom is -0.421 e. The third kappa shape index (κ3) is 39.4. The first kappa shape index (κ1) is 23.9. The van der Waals surface area contributed by atoms with E-state index in [-0.39, 0.29) is 14.9 Å². The first-order valence-electron chi connectivity index (χ1n) is 4.22. The molecule has 0 heterocycles. The van der Waals surface area contributed by atoms with Gasteiger partial charge in [0, 0.05) is 14.2 Å². The van der Waals surface area contributed by atoms with Gasteiger partial charge in [-0.15, -0.1) is 0 Å². The maximum Gasteiger partial charge on any atom is 0.183 e. The highest BCUT2D eigenvalue weighted by Gasteiger charge is 2.09. The topological polar surface area (TPSA) is 18.5 Å². The van der Waals surface area contributed by atoms with Crippen LogP contribution in [0.1, 0.15) is 14.9 Å². The molecule has 0 aromatic heterocycles. The first-order valence-corrected chi connectivity index (χ1v) is 11.0. The second-order valence-corrected chi connectivity index (χ2v) is 13.9. The fraction of sp³-hybridized carbons (Fsp3) is 1.00. The summed E-state index contributed by atoms with van der Waals surface area (Å²) in [5, 5.41) is 0. The molecule has 0 aliphatic heterocycles. The average molecular weight is 241 g/mol. The van der Waals surface area contributed by atoms with Crippen molar-refractivity contribution in [3.8, 4) is 0 Å². The van der Waals surface area contributed by atoms with Gasteiger partial charge in [0.15, 0.2) is 16.6 Å². The minimum absolute atomic E-state index is 0. The minimum atomic E-state index is -1.13. The van der Waals surface area contributed by atoms with E-state index in [2.05, 4.69) is 39.3 Å². The number of hydrogen-bond donors (Lipinski definition) is 0. The molecule has 0 aliphatic carbocycles. The van der Waals surface area contributed by atoms with E-state index in [1.165, 1.54) is 0 Å². The monoisotopic (exact) mass is 240 g/mol. The van der Waals surface area contributed by atoms with Gasteiger partial charge < -0.3 is 8.85 Å². The van der Waals surface area contributed by atoms with Crippen LogP contribution in [0, 0.1) is 0 Å². The van der Waals surface area contributed by atoms with E-state index in [1.54, 1.807) is 14.2 Å². The van der Waals surface area contributed by atoms with Crippen LogP contribution >= 0.6 is 0 Å². The highest BCUT2D eigenvalue weighted by Crippen LogP contribution is 1.97. The lowest BCUT2D eigenvalue weighted by atomic mass is 11.8. The lowest BCUT2D eigenvalue weighted by Gasteiger charge is -2.10. The Morgan fingerprint density at radius 1 is 0.571 bits per heavy atom. The third-order valence-corrected chi connectivity index (χ3v) is 3.67. The Bertz CT molecular complexity index is 89.7. The van der Waals surface area contributed by atoms with E-state index in [0.29, 0.717) is 0 Å². The van der Waals surface area contributed by atoms with E-state index in [9.17, 15) is 0 Å². The number of rotatable bonds is 2. The fourth-order valence-electron chi connectivity index (χ4n) is 0. The van der Waals surface area contributed by atoms with Gasteiger partial charge in [-0.2, -0.15) is 0 Å². The van der Waals surface area contributed by atoms with E-state index < -0.39 is 16.6 Å². The molecule has 92 valence electrons. The van der Waals surface area contributed by atoms with Gasteiger partial charge in [0.25, 0.3) is 0 Å². The van der Waals surface area contributed by atoms with Crippen LogP contribution in [0.15, 0.2) is 0 Å². The van der Waals surface area contributed by atoms with Crippen LogP contribution in [0.2, 0.25) is 39.3 Å². The zero-order chi connectivity index (χ0) is 10.4. The van der Waals surface area contributed by atoms with Gasteiger partial charge in [0.2, 0.25) is 0 Å². The molecular formula is C10H32O2Si2. The van der Waals surface area contributed by atoms with Crippen LogP contribution in [0.5, 0.6) is 0 Å². The molecule has 0 unspecified atom stereocenters. The molecule has 14 heavy (non-hydrogen) atoms. The summed E-state index contributed by atoms with van der Waals surface area (Å²) in [7, 11) is 1.28. The maximum absolute atomic E-state index is 5.08. The molecule has 0 N–H and O–H groups in total. The Balaban J connectivity index is -0.0000000625. The van der Waals surface area contributed by atoms with E-state index in [1.807, 2.05) is 0 Å². The molecule has 0 rings (SSSR count). The van der Waals surface area contributed by atoms with Crippen molar-refractivity contribution in [2.45, 2.75) is 54.1 Å². The Morgan fingerprint density at radius 2 is 0.643 bits per heavy atom.